The minimum absolute atomic E-state index is 0.457. The lowest BCUT2D eigenvalue weighted by atomic mass is 10.0. The van der Waals surface area contributed by atoms with Gasteiger partial charge < -0.3 is 15.3 Å². The molecule has 0 atom stereocenters. The number of hydrogen-bond donors (Lipinski definition) is 3. The number of aromatic hydroxyl groups is 1. The fourth-order valence-electron chi connectivity index (χ4n) is 2.53. The van der Waals surface area contributed by atoms with Gasteiger partial charge in [-0.05, 0) is 24.5 Å². The van der Waals surface area contributed by atoms with Gasteiger partial charge in [0.05, 0.1) is 0 Å². The maximum absolute atomic E-state index is 9.65. The zero-order valence-electron chi connectivity index (χ0n) is 14.3. The highest BCUT2D eigenvalue weighted by atomic mass is 16.6. The van der Waals surface area contributed by atoms with E-state index in [1.165, 1.54) is 64.2 Å². The SMILES string of the molecule is CCCCCCCCCCCCc1ccccc1O.O=C(O)O. The first-order valence-electron chi connectivity index (χ1n) is 8.76. The highest BCUT2D eigenvalue weighted by Crippen LogP contribution is 2.19. The Morgan fingerprint density at radius 2 is 1.26 bits per heavy atom. The van der Waals surface area contributed by atoms with Gasteiger partial charge in [0.15, 0.2) is 0 Å². The maximum atomic E-state index is 9.65. The molecule has 4 nitrogen and oxygen atoms in total. The molecular formula is C19H32O4. The minimum atomic E-state index is -1.83. The van der Waals surface area contributed by atoms with Crippen molar-refractivity contribution in [1.29, 1.82) is 0 Å². The van der Waals surface area contributed by atoms with Crippen molar-refractivity contribution in [1.82, 2.24) is 0 Å². The van der Waals surface area contributed by atoms with E-state index in [1.54, 1.807) is 6.07 Å². The third-order valence-corrected chi connectivity index (χ3v) is 3.79. The van der Waals surface area contributed by atoms with Crippen LogP contribution >= 0.6 is 0 Å². The lowest BCUT2D eigenvalue weighted by molar-refractivity contribution is 0.137. The molecule has 132 valence electrons. The number of phenolic OH excluding ortho intramolecular Hbond substituents is 1. The molecule has 0 aliphatic carbocycles. The van der Waals surface area contributed by atoms with Crippen LogP contribution in [0.2, 0.25) is 0 Å². The number of hydrogen-bond acceptors (Lipinski definition) is 2. The largest absolute Gasteiger partial charge is 0.508 e. The Balaban J connectivity index is 0.00000108. The Bertz CT molecular complexity index is 400. The molecule has 0 fully saturated rings. The van der Waals surface area contributed by atoms with E-state index in [-0.39, 0.29) is 0 Å². The first-order chi connectivity index (χ1) is 11.1. The Kier molecular flexibility index (Phi) is 14.1. The zero-order valence-corrected chi connectivity index (χ0v) is 14.3. The second kappa shape index (κ2) is 15.2. The number of benzene rings is 1. The third-order valence-electron chi connectivity index (χ3n) is 3.79. The fourth-order valence-corrected chi connectivity index (χ4v) is 2.53. The zero-order chi connectivity index (χ0) is 17.3. The third kappa shape index (κ3) is 15.0. The van der Waals surface area contributed by atoms with Crippen molar-refractivity contribution in [3.63, 3.8) is 0 Å². The van der Waals surface area contributed by atoms with Crippen molar-refractivity contribution in [2.75, 3.05) is 0 Å². The van der Waals surface area contributed by atoms with E-state index in [0.717, 1.165) is 12.0 Å². The average molecular weight is 324 g/mol. The molecule has 0 spiro atoms. The van der Waals surface area contributed by atoms with Crippen molar-refractivity contribution in [2.45, 2.75) is 77.6 Å². The molecule has 1 aromatic carbocycles. The van der Waals surface area contributed by atoms with Gasteiger partial charge in [0, 0.05) is 0 Å². The van der Waals surface area contributed by atoms with Gasteiger partial charge in [-0.25, -0.2) is 4.79 Å². The van der Waals surface area contributed by atoms with Gasteiger partial charge in [-0.1, -0.05) is 82.9 Å². The maximum Gasteiger partial charge on any atom is 0.503 e. The van der Waals surface area contributed by atoms with Crippen LogP contribution in [-0.2, 0) is 6.42 Å². The molecule has 1 aromatic rings. The van der Waals surface area contributed by atoms with Crippen LogP contribution in [0.15, 0.2) is 24.3 Å². The van der Waals surface area contributed by atoms with Crippen LogP contribution in [-0.4, -0.2) is 21.5 Å². The molecule has 0 bridgehead atoms. The van der Waals surface area contributed by atoms with Gasteiger partial charge in [-0.15, -0.1) is 0 Å². The summed E-state index contributed by atoms with van der Waals surface area (Å²) in [7, 11) is 0. The van der Waals surface area contributed by atoms with E-state index in [0.29, 0.717) is 5.75 Å². The molecule has 0 amide bonds. The second-order valence-electron chi connectivity index (χ2n) is 5.84. The molecule has 0 radical (unpaired) electrons. The smallest absolute Gasteiger partial charge is 0.503 e. The number of carboxylic acid groups (broad SMARTS) is 2. The van der Waals surface area contributed by atoms with Gasteiger partial charge in [-0.2, -0.15) is 0 Å². The summed E-state index contributed by atoms with van der Waals surface area (Å²) in [4.78, 5) is 8.56. The van der Waals surface area contributed by atoms with Crippen molar-refractivity contribution < 1.29 is 20.1 Å². The summed E-state index contributed by atoms with van der Waals surface area (Å²) in [5, 5.41) is 23.6. The number of rotatable bonds is 11. The second-order valence-corrected chi connectivity index (χ2v) is 5.84. The molecule has 1 rings (SSSR count). The molecule has 0 unspecified atom stereocenters. The monoisotopic (exact) mass is 324 g/mol. The topological polar surface area (TPSA) is 77.8 Å². The molecule has 0 saturated heterocycles. The summed E-state index contributed by atoms with van der Waals surface area (Å²) in [5.41, 5.74) is 1.10. The first-order valence-corrected chi connectivity index (χ1v) is 8.76. The van der Waals surface area contributed by atoms with Crippen LogP contribution in [0.4, 0.5) is 4.79 Å². The van der Waals surface area contributed by atoms with Crippen molar-refractivity contribution in [3.05, 3.63) is 29.8 Å². The summed E-state index contributed by atoms with van der Waals surface area (Å²) in [6.07, 6.45) is 12.8. The summed E-state index contributed by atoms with van der Waals surface area (Å²) in [6, 6.07) is 7.71. The number of unbranched alkanes of at least 4 members (excludes halogenated alkanes) is 9. The van der Waals surface area contributed by atoms with Gasteiger partial charge >= 0.3 is 6.16 Å². The first kappa shape index (κ1) is 21.3. The summed E-state index contributed by atoms with van der Waals surface area (Å²) >= 11 is 0. The van der Waals surface area contributed by atoms with E-state index in [4.69, 9.17) is 15.0 Å². The van der Waals surface area contributed by atoms with E-state index in [9.17, 15) is 5.11 Å². The Hall–Kier alpha value is -1.71. The molecule has 0 aromatic heterocycles. The number of phenols is 1. The highest BCUT2D eigenvalue weighted by Gasteiger charge is 1.99. The fraction of sp³-hybridized carbons (Fsp3) is 0.632. The number of para-hydroxylation sites is 1. The predicted octanol–water partition coefficient (Wildman–Crippen LogP) is 6.08. The quantitative estimate of drug-likeness (QED) is 0.431. The normalized spacial score (nSPS) is 9.96. The Morgan fingerprint density at radius 3 is 1.74 bits per heavy atom. The van der Waals surface area contributed by atoms with Gasteiger partial charge in [0.25, 0.3) is 0 Å². The van der Waals surface area contributed by atoms with Crippen LogP contribution in [0.3, 0.4) is 0 Å². The van der Waals surface area contributed by atoms with Gasteiger partial charge in [0.1, 0.15) is 5.75 Å². The summed E-state index contributed by atoms with van der Waals surface area (Å²) < 4.78 is 0. The van der Waals surface area contributed by atoms with Gasteiger partial charge in [0.2, 0.25) is 0 Å². The molecule has 23 heavy (non-hydrogen) atoms. The number of aryl methyl sites for hydroxylation is 1. The standard InChI is InChI=1S/C18H30O.CH2O3/c1-2-3-4-5-6-7-8-9-10-11-14-17-15-12-13-16-18(17)19;2-1(3)4/h12-13,15-16,19H,2-11,14H2,1H3;(H2,2,3,4). The molecule has 0 heterocycles. The Morgan fingerprint density at radius 1 is 0.826 bits per heavy atom. The summed E-state index contributed by atoms with van der Waals surface area (Å²) in [5.74, 6) is 0.457. The number of carbonyl (C=O) groups is 1. The molecule has 3 N–H and O–H groups in total. The van der Waals surface area contributed by atoms with E-state index < -0.39 is 6.16 Å². The lowest BCUT2D eigenvalue weighted by Crippen LogP contribution is -1.87. The van der Waals surface area contributed by atoms with Gasteiger partial charge in [-0.3, -0.25) is 0 Å². The van der Waals surface area contributed by atoms with Crippen LogP contribution in [0.1, 0.15) is 76.7 Å². The lowest BCUT2D eigenvalue weighted by Gasteiger charge is -2.04. The summed E-state index contributed by atoms with van der Waals surface area (Å²) in [6.45, 7) is 2.27. The molecule has 0 aliphatic heterocycles. The van der Waals surface area contributed by atoms with Crippen LogP contribution < -0.4 is 0 Å². The van der Waals surface area contributed by atoms with Crippen molar-refractivity contribution in [2.24, 2.45) is 0 Å². The van der Waals surface area contributed by atoms with E-state index in [1.807, 2.05) is 18.2 Å². The molecule has 0 aliphatic rings. The minimum Gasteiger partial charge on any atom is -0.508 e. The predicted molar refractivity (Wildman–Crippen MR) is 94.3 cm³/mol. The Labute approximate surface area is 140 Å². The van der Waals surface area contributed by atoms with E-state index >= 15 is 0 Å². The van der Waals surface area contributed by atoms with Crippen LogP contribution in [0.25, 0.3) is 0 Å². The average Bonchev–Trinajstić information content (AvgIpc) is 2.50. The van der Waals surface area contributed by atoms with Crippen molar-refractivity contribution in [3.8, 4) is 5.75 Å². The molecule has 4 heteroatoms. The molecule has 0 saturated carbocycles. The van der Waals surface area contributed by atoms with Crippen LogP contribution in [0, 0.1) is 0 Å². The van der Waals surface area contributed by atoms with Crippen molar-refractivity contribution >= 4 is 6.16 Å². The molecular weight excluding hydrogens is 292 g/mol. The van der Waals surface area contributed by atoms with E-state index in [2.05, 4.69) is 6.92 Å². The van der Waals surface area contributed by atoms with Crippen LogP contribution in [0.5, 0.6) is 5.75 Å². The highest BCUT2D eigenvalue weighted by molar-refractivity contribution is 5.53.